The van der Waals surface area contributed by atoms with E-state index in [1.54, 1.807) is 6.07 Å². The predicted octanol–water partition coefficient (Wildman–Crippen LogP) is 0.838. The van der Waals surface area contributed by atoms with E-state index < -0.39 is 12.2 Å². The van der Waals surface area contributed by atoms with Gasteiger partial charge in [0.05, 0.1) is 0 Å². The van der Waals surface area contributed by atoms with E-state index in [0.717, 1.165) is 0 Å². The SMILES string of the molecule is Fc1ncccn1.O=C(O)O. The molecular weight excluding hydrogens is 155 g/mol. The molecule has 0 radical (unpaired) electrons. The van der Waals surface area contributed by atoms with Gasteiger partial charge in [-0.25, -0.2) is 14.8 Å². The van der Waals surface area contributed by atoms with Crippen molar-refractivity contribution < 1.29 is 19.4 Å². The highest BCUT2D eigenvalue weighted by Crippen LogP contribution is 1.79. The van der Waals surface area contributed by atoms with Crippen LogP contribution in [0, 0.1) is 6.08 Å². The minimum absolute atomic E-state index is 0.678. The Labute approximate surface area is 61.2 Å². The molecule has 60 valence electrons. The van der Waals surface area contributed by atoms with Crippen LogP contribution in [-0.4, -0.2) is 26.3 Å². The number of halogens is 1. The lowest BCUT2D eigenvalue weighted by atomic mass is 10.7. The Morgan fingerprint density at radius 1 is 1.36 bits per heavy atom. The highest BCUT2D eigenvalue weighted by atomic mass is 19.1. The highest BCUT2D eigenvalue weighted by molar-refractivity contribution is 5.53. The van der Waals surface area contributed by atoms with Crippen molar-refractivity contribution in [3.63, 3.8) is 0 Å². The third kappa shape index (κ3) is 8.28. The summed E-state index contributed by atoms with van der Waals surface area (Å²) in [6, 6.07) is 1.56. The van der Waals surface area contributed by atoms with Crippen molar-refractivity contribution in [2.75, 3.05) is 0 Å². The number of carbonyl (C=O) groups is 1. The summed E-state index contributed by atoms with van der Waals surface area (Å²) in [5.41, 5.74) is 0. The number of aromatic nitrogens is 2. The van der Waals surface area contributed by atoms with Crippen molar-refractivity contribution in [2.24, 2.45) is 0 Å². The molecule has 5 nitrogen and oxygen atoms in total. The van der Waals surface area contributed by atoms with Crippen LogP contribution in [0.4, 0.5) is 9.18 Å². The number of nitrogens with zero attached hydrogens (tertiary/aromatic N) is 2. The Balaban J connectivity index is 0.000000218. The molecule has 1 rings (SSSR count). The molecular formula is C5H5FN2O3. The molecule has 0 saturated heterocycles. The van der Waals surface area contributed by atoms with Crippen molar-refractivity contribution in [2.45, 2.75) is 0 Å². The number of rotatable bonds is 0. The lowest BCUT2D eigenvalue weighted by Crippen LogP contribution is -1.81. The predicted molar refractivity (Wildman–Crippen MR) is 32.6 cm³/mol. The van der Waals surface area contributed by atoms with Crippen LogP contribution in [0.2, 0.25) is 0 Å². The minimum atomic E-state index is -1.83. The summed E-state index contributed by atoms with van der Waals surface area (Å²) in [4.78, 5) is 15.0. The Morgan fingerprint density at radius 2 is 1.73 bits per heavy atom. The number of carboxylic acid groups (broad SMARTS) is 2. The lowest BCUT2D eigenvalue weighted by molar-refractivity contribution is 0.137. The highest BCUT2D eigenvalue weighted by Gasteiger charge is 1.80. The van der Waals surface area contributed by atoms with Crippen LogP contribution < -0.4 is 0 Å². The van der Waals surface area contributed by atoms with Crippen LogP contribution >= 0.6 is 0 Å². The van der Waals surface area contributed by atoms with Gasteiger partial charge in [-0.1, -0.05) is 0 Å². The summed E-state index contributed by atoms with van der Waals surface area (Å²) in [5.74, 6) is 0. The van der Waals surface area contributed by atoms with E-state index in [4.69, 9.17) is 15.0 Å². The fraction of sp³-hybridized carbons (Fsp3) is 0. The monoisotopic (exact) mass is 160 g/mol. The van der Waals surface area contributed by atoms with E-state index in [9.17, 15) is 4.39 Å². The average Bonchev–Trinajstić information content (AvgIpc) is 1.87. The summed E-state index contributed by atoms with van der Waals surface area (Å²) in [5, 5.41) is 13.9. The van der Waals surface area contributed by atoms with Crippen LogP contribution in [0.15, 0.2) is 18.5 Å². The molecule has 0 atom stereocenters. The molecule has 11 heavy (non-hydrogen) atoms. The number of hydrogen-bond donors (Lipinski definition) is 2. The molecule has 1 aromatic heterocycles. The van der Waals surface area contributed by atoms with Crippen LogP contribution in [0.5, 0.6) is 0 Å². The molecule has 0 aliphatic heterocycles. The first-order valence-electron chi connectivity index (χ1n) is 2.47. The molecule has 0 unspecified atom stereocenters. The van der Waals surface area contributed by atoms with Crippen molar-refractivity contribution in [1.82, 2.24) is 9.97 Å². The van der Waals surface area contributed by atoms with Gasteiger partial charge in [0.25, 0.3) is 0 Å². The van der Waals surface area contributed by atoms with E-state index in [0.29, 0.717) is 0 Å². The summed E-state index contributed by atoms with van der Waals surface area (Å²) < 4.78 is 11.7. The first-order valence-corrected chi connectivity index (χ1v) is 2.47. The Kier molecular flexibility index (Phi) is 4.30. The zero-order chi connectivity index (χ0) is 8.69. The van der Waals surface area contributed by atoms with Gasteiger partial charge in [-0.2, -0.15) is 4.39 Å². The van der Waals surface area contributed by atoms with Gasteiger partial charge in [-0.3, -0.25) is 0 Å². The van der Waals surface area contributed by atoms with Crippen LogP contribution in [0.3, 0.4) is 0 Å². The third-order valence-corrected chi connectivity index (χ3v) is 0.534. The molecule has 1 heterocycles. The molecule has 0 fully saturated rings. The van der Waals surface area contributed by atoms with Gasteiger partial charge in [-0.05, 0) is 6.07 Å². The van der Waals surface area contributed by atoms with E-state index in [1.807, 2.05) is 0 Å². The number of hydrogen-bond acceptors (Lipinski definition) is 3. The second-order valence-electron chi connectivity index (χ2n) is 1.30. The van der Waals surface area contributed by atoms with Crippen molar-refractivity contribution >= 4 is 6.16 Å². The topological polar surface area (TPSA) is 83.3 Å². The first-order chi connectivity index (χ1) is 5.13. The summed E-state index contributed by atoms with van der Waals surface area (Å²) >= 11 is 0. The summed E-state index contributed by atoms with van der Waals surface area (Å²) in [7, 11) is 0. The average molecular weight is 160 g/mol. The first kappa shape index (κ1) is 9.28. The Bertz CT molecular complexity index is 212. The quantitative estimate of drug-likeness (QED) is 0.549. The standard InChI is InChI=1S/C4H3FN2.CH2O3/c5-4-6-2-1-3-7-4;2-1(3)4/h1-3H;(H2,2,3,4). The minimum Gasteiger partial charge on any atom is -0.450 e. The van der Waals surface area contributed by atoms with Gasteiger partial charge < -0.3 is 10.2 Å². The van der Waals surface area contributed by atoms with Crippen molar-refractivity contribution in [3.8, 4) is 0 Å². The van der Waals surface area contributed by atoms with Gasteiger partial charge in [0.1, 0.15) is 0 Å². The smallest absolute Gasteiger partial charge is 0.450 e. The van der Waals surface area contributed by atoms with E-state index in [1.165, 1.54) is 12.4 Å². The van der Waals surface area contributed by atoms with Crippen molar-refractivity contribution in [3.05, 3.63) is 24.5 Å². The van der Waals surface area contributed by atoms with Gasteiger partial charge >= 0.3 is 12.2 Å². The van der Waals surface area contributed by atoms with Gasteiger partial charge in [0, 0.05) is 12.4 Å². The normalized spacial score (nSPS) is 7.73. The molecule has 0 aliphatic carbocycles. The fourth-order valence-electron chi connectivity index (χ4n) is 0.281. The zero-order valence-electron chi connectivity index (χ0n) is 5.31. The van der Waals surface area contributed by atoms with Gasteiger partial charge in [0.15, 0.2) is 0 Å². The maximum Gasteiger partial charge on any atom is 0.503 e. The van der Waals surface area contributed by atoms with E-state index in [2.05, 4.69) is 9.97 Å². The molecule has 0 saturated carbocycles. The second-order valence-corrected chi connectivity index (χ2v) is 1.30. The molecule has 0 aliphatic rings. The van der Waals surface area contributed by atoms with Crippen LogP contribution in [-0.2, 0) is 0 Å². The molecule has 0 bridgehead atoms. The molecule has 0 amide bonds. The molecule has 0 spiro atoms. The fourth-order valence-corrected chi connectivity index (χ4v) is 0.281. The van der Waals surface area contributed by atoms with E-state index >= 15 is 0 Å². The molecule has 0 aromatic carbocycles. The van der Waals surface area contributed by atoms with Gasteiger partial charge in [0.2, 0.25) is 0 Å². The zero-order valence-corrected chi connectivity index (χ0v) is 5.31. The van der Waals surface area contributed by atoms with E-state index in [-0.39, 0.29) is 0 Å². The summed E-state index contributed by atoms with van der Waals surface area (Å²) in [6.07, 6.45) is 0.187. The Hall–Kier alpha value is -1.72. The molecule has 2 N–H and O–H groups in total. The lowest BCUT2D eigenvalue weighted by Gasteiger charge is -1.77. The second kappa shape index (κ2) is 5.10. The van der Waals surface area contributed by atoms with Gasteiger partial charge in [-0.15, -0.1) is 0 Å². The maximum absolute atomic E-state index is 11.7. The maximum atomic E-state index is 11.7. The van der Waals surface area contributed by atoms with Crippen LogP contribution in [0.1, 0.15) is 0 Å². The molecule has 1 aromatic rings. The molecule has 6 heteroatoms. The van der Waals surface area contributed by atoms with Crippen molar-refractivity contribution in [1.29, 1.82) is 0 Å². The largest absolute Gasteiger partial charge is 0.503 e. The third-order valence-electron chi connectivity index (χ3n) is 0.534. The van der Waals surface area contributed by atoms with Crippen LogP contribution in [0.25, 0.3) is 0 Å². The Morgan fingerprint density at radius 3 is 1.91 bits per heavy atom. The summed E-state index contributed by atoms with van der Waals surface area (Å²) in [6.45, 7) is 0.